The Morgan fingerprint density at radius 1 is 0.422 bits per heavy atom. The summed E-state index contributed by atoms with van der Waals surface area (Å²) in [7, 11) is 0. The average molecular weight is 863 g/mol. The first-order valence-corrected chi connectivity index (χ1v) is 24.7. The van der Waals surface area contributed by atoms with E-state index in [-0.39, 0.29) is 34.3 Å². The lowest BCUT2D eigenvalue weighted by Gasteiger charge is -2.38. The minimum atomic E-state index is -0.420. The van der Waals surface area contributed by atoms with Gasteiger partial charge in [0.1, 0.15) is 22.7 Å². The Balaban J connectivity index is 1.41. The first-order valence-electron chi connectivity index (χ1n) is 24.7. The molecule has 336 valence electrons. The summed E-state index contributed by atoms with van der Waals surface area (Å²) in [4.78, 5) is 82.9. The predicted octanol–water partition coefficient (Wildman–Crippen LogP) is 13.7. The molecule has 0 saturated heterocycles. The lowest BCUT2D eigenvalue weighted by Crippen LogP contribution is -2.49. The van der Waals surface area contributed by atoms with Crippen molar-refractivity contribution in [2.24, 2.45) is 0 Å². The molecule has 0 saturated carbocycles. The molecule has 6 aromatic rings. The summed E-state index contributed by atoms with van der Waals surface area (Å²) in [5.41, 5.74) is 4.19. The number of nitrogens with zero attached hydrogens (tertiary/aromatic N) is 4. The normalized spacial score (nSPS) is 14.0. The summed E-state index contributed by atoms with van der Waals surface area (Å²) >= 11 is 0. The van der Waals surface area contributed by atoms with Crippen molar-refractivity contribution in [1.29, 1.82) is 0 Å². The Morgan fingerprint density at radius 2 is 0.734 bits per heavy atom. The van der Waals surface area contributed by atoms with E-state index < -0.39 is 23.6 Å². The minimum absolute atomic E-state index is 0.262. The van der Waals surface area contributed by atoms with E-state index in [0.29, 0.717) is 70.2 Å². The van der Waals surface area contributed by atoms with Crippen LogP contribution in [0.4, 0.5) is 0 Å². The van der Waals surface area contributed by atoms with Crippen molar-refractivity contribution in [3.05, 3.63) is 82.9 Å². The molecule has 0 aliphatic carbocycles. The molecular formula is C54H66N6O4. The van der Waals surface area contributed by atoms with Crippen LogP contribution < -0.4 is 0 Å². The van der Waals surface area contributed by atoms with Crippen LogP contribution in [-0.2, 0) is 0 Å². The average Bonchev–Trinajstić information content (AvgIpc) is 3.96. The van der Waals surface area contributed by atoms with Crippen LogP contribution in [0.5, 0.6) is 0 Å². The van der Waals surface area contributed by atoms with Gasteiger partial charge in [0.2, 0.25) is 0 Å². The van der Waals surface area contributed by atoms with Crippen molar-refractivity contribution < 1.29 is 19.2 Å². The van der Waals surface area contributed by atoms with Crippen LogP contribution in [-0.4, -0.2) is 65.4 Å². The minimum Gasteiger partial charge on any atom is -0.337 e. The highest BCUT2D eigenvalue weighted by Gasteiger charge is 2.48. The van der Waals surface area contributed by atoms with Crippen molar-refractivity contribution >= 4 is 56.5 Å². The van der Waals surface area contributed by atoms with Gasteiger partial charge in [0.25, 0.3) is 23.6 Å². The largest absolute Gasteiger partial charge is 0.337 e. The monoisotopic (exact) mass is 863 g/mol. The number of rotatable bonds is 24. The first kappa shape index (κ1) is 44.9. The molecule has 2 aromatic heterocycles. The number of nitrogens with one attached hydrogen (secondary N) is 2. The number of aromatic amines is 2. The highest BCUT2D eigenvalue weighted by Crippen LogP contribution is 2.48. The number of imide groups is 2. The number of H-pyrrole nitrogens is 2. The maximum atomic E-state index is 15.6. The van der Waals surface area contributed by atoms with Gasteiger partial charge in [-0.1, -0.05) is 191 Å². The van der Waals surface area contributed by atoms with Gasteiger partial charge < -0.3 is 9.97 Å². The summed E-state index contributed by atoms with van der Waals surface area (Å²) < 4.78 is 0. The molecule has 0 radical (unpaired) electrons. The molecule has 4 aromatic carbocycles. The third-order valence-corrected chi connectivity index (χ3v) is 13.8. The molecule has 4 heterocycles. The fourth-order valence-electron chi connectivity index (χ4n) is 10.4. The van der Waals surface area contributed by atoms with Gasteiger partial charge in [-0.25, -0.2) is 9.97 Å². The van der Waals surface area contributed by atoms with Crippen molar-refractivity contribution in [2.75, 3.05) is 0 Å². The highest BCUT2D eigenvalue weighted by molar-refractivity contribution is 6.42. The van der Waals surface area contributed by atoms with Crippen molar-refractivity contribution in [3.63, 3.8) is 0 Å². The fraction of sp³-hybridized carbons (Fsp3) is 0.481. The number of amides is 4. The molecule has 10 nitrogen and oxygen atoms in total. The molecule has 8 rings (SSSR count). The summed E-state index contributed by atoms with van der Waals surface area (Å²) in [6.45, 7) is 8.73. The van der Waals surface area contributed by atoms with Crippen LogP contribution in [0.25, 0.3) is 55.6 Å². The lowest BCUT2D eigenvalue weighted by atomic mass is 9.82. The summed E-state index contributed by atoms with van der Waals surface area (Å²) in [5, 5.41) is 0.648. The van der Waals surface area contributed by atoms with Crippen molar-refractivity contribution in [1.82, 2.24) is 29.7 Å². The van der Waals surface area contributed by atoms with Crippen LogP contribution in [0.15, 0.2) is 60.7 Å². The zero-order valence-electron chi connectivity index (χ0n) is 38.5. The molecule has 2 aliphatic rings. The van der Waals surface area contributed by atoms with E-state index in [2.05, 4.69) is 37.7 Å². The first-order chi connectivity index (χ1) is 31.3. The number of carbonyl (C=O) groups is 4. The van der Waals surface area contributed by atoms with Crippen LogP contribution >= 0.6 is 0 Å². The van der Waals surface area contributed by atoms with E-state index in [4.69, 9.17) is 9.97 Å². The van der Waals surface area contributed by atoms with Gasteiger partial charge >= 0.3 is 0 Å². The molecule has 10 heteroatoms. The maximum absolute atomic E-state index is 15.6. The van der Waals surface area contributed by atoms with E-state index in [1.165, 1.54) is 9.80 Å². The summed E-state index contributed by atoms with van der Waals surface area (Å²) in [5.74, 6) is -0.646. The second kappa shape index (κ2) is 20.5. The number of hydrogen-bond acceptors (Lipinski definition) is 6. The van der Waals surface area contributed by atoms with E-state index in [1.807, 2.05) is 60.7 Å². The summed E-state index contributed by atoms with van der Waals surface area (Å²) in [6, 6.07) is 18.7. The molecule has 2 aliphatic heterocycles. The van der Waals surface area contributed by atoms with Crippen LogP contribution in [0.3, 0.4) is 0 Å². The highest BCUT2D eigenvalue weighted by atomic mass is 16.2. The van der Waals surface area contributed by atoms with Gasteiger partial charge in [0, 0.05) is 34.0 Å². The molecule has 0 unspecified atom stereocenters. The van der Waals surface area contributed by atoms with E-state index in [0.717, 1.165) is 114 Å². The Bertz CT molecular complexity index is 2320. The molecule has 2 N–H and O–H groups in total. The van der Waals surface area contributed by atoms with E-state index in [1.54, 1.807) is 0 Å². The van der Waals surface area contributed by atoms with Gasteiger partial charge in [-0.3, -0.25) is 29.0 Å². The number of hydrogen-bond donors (Lipinski definition) is 2. The Kier molecular flexibility index (Phi) is 14.4. The molecule has 64 heavy (non-hydrogen) atoms. The van der Waals surface area contributed by atoms with E-state index in [9.17, 15) is 0 Å². The second-order valence-electron chi connectivity index (χ2n) is 18.3. The zero-order valence-corrected chi connectivity index (χ0v) is 38.5. The Hall–Kier alpha value is -5.64. The maximum Gasteiger partial charge on any atom is 0.263 e. The molecule has 4 amide bonds. The van der Waals surface area contributed by atoms with Crippen molar-refractivity contribution in [3.8, 4) is 22.8 Å². The van der Waals surface area contributed by atoms with Crippen molar-refractivity contribution in [2.45, 2.75) is 168 Å². The number of fused-ring (bicyclic) bond motifs is 6. The Morgan fingerprint density at radius 3 is 1.05 bits per heavy atom. The van der Waals surface area contributed by atoms with Crippen LogP contribution in [0, 0.1) is 0 Å². The molecule has 0 spiro atoms. The number of carbonyl (C=O) groups excluding carboxylic acids is 4. The fourth-order valence-corrected chi connectivity index (χ4v) is 10.4. The number of benzene rings is 4. The third kappa shape index (κ3) is 8.52. The Labute approximate surface area is 378 Å². The predicted molar refractivity (Wildman–Crippen MR) is 258 cm³/mol. The topological polar surface area (TPSA) is 132 Å². The zero-order chi connectivity index (χ0) is 44.7. The standard InChI is InChI=1S/C54H66N6O4/c1-5-9-13-23-31-37(32-24-14-10-6-2)59-51(61)41-39-40-43(47-45(41)55-49(57-47)35-27-19-17-20-28-35)53(63)60(38(33-25-15-11-7-3)34-26-16-12-8-4)54(64)44(40)48-46(42(39)52(59)62)56-50(58-48)36-29-21-18-22-30-36/h17-22,27-30,37-38H,5-16,23-26,31-34H2,1-4H3,(H,55,57)(H,56,58). The molecule has 0 fully saturated rings. The lowest BCUT2D eigenvalue weighted by molar-refractivity contribution is 0.0498. The van der Waals surface area contributed by atoms with Gasteiger partial charge in [-0.2, -0.15) is 0 Å². The number of aromatic nitrogens is 4. The van der Waals surface area contributed by atoms with Gasteiger partial charge in [0.05, 0.1) is 33.3 Å². The van der Waals surface area contributed by atoms with Gasteiger partial charge in [-0.15, -0.1) is 0 Å². The van der Waals surface area contributed by atoms with E-state index >= 15 is 19.2 Å². The van der Waals surface area contributed by atoms with Crippen LogP contribution in [0.2, 0.25) is 0 Å². The third-order valence-electron chi connectivity index (χ3n) is 13.8. The molecule has 0 atom stereocenters. The number of unbranched alkanes of at least 4 members (excludes halogenated alkanes) is 12. The smallest absolute Gasteiger partial charge is 0.263 e. The summed E-state index contributed by atoms with van der Waals surface area (Å²) in [6.07, 6.45) is 19.1. The van der Waals surface area contributed by atoms with Gasteiger partial charge in [0.15, 0.2) is 0 Å². The number of imidazole rings is 2. The molecule has 0 bridgehead atoms. The van der Waals surface area contributed by atoms with Crippen LogP contribution in [0.1, 0.15) is 198 Å². The SMILES string of the molecule is CCCCCCC(CCCCCC)N1C(=O)c2c3nc(-c4ccccc4)[nH]c3c3c4c(c5nc(-c6ccccc6)[nH]c5c(c24)C1=O)C(=O)N(C(CCCCCC)CCCCCC)C3=O. The second-order valence-corrected chi connectivity index (χ2v) is 18.3. The quantitative estimate of drug-likeness (QED) is 0.0460. The molecular weight excluding hydrogens is 797 g/mol. The van der Waals surface area contributed by atoms with Gasteiger partial charge in [-0.05, 0) is 25.7 Å².